The number of hydrogen-bond donors (Lipinski definition) is 0. The fourth-order valence-electron chi connectivity index (χ4n) is 2.61. The molecule has 3 heteroatoms. The number of hydrogen-bond acceptors (Lipinski definition) is 3. The van der Waals surface area contributed by atoms with Gasteiger partial charge in [0, 0.05) is 44.7 Å². The highest BCUT2D eigenvalue weighted by Crippen LogP contribution is 2.11. The average Bonchev–Trinajstić information content (AvgIpc) is 2.36. The molecular weight excluding hydrogens is 236 g/mol. The quantitative estimate of drug-likeness (QED) is 0.775. The van der Waals surface area contributed by atoms with Crippen LogP contribution in [0.25, 0.3) is 0 Å². The highest BCUT2D eigenvalue weighted by Gasteiger charge is 2.15. The van der Waals surface area contributed by atoms with Gasteiger partial charge in [-0.2, -0.15) is 0 Å². The predicted octanol–water partition coefficient (Wildman–Crippen LogP) is 2.12. The molecule has 1 aromatic carbocycles. The number of rotatable bonds is 4. The fourth-order valence-corrected chi connectivity index (χ4v) is 2.61. The molecule has 2 rings (SSSR count). The van der Waals surface area contributed by atoms with Gasteiger partial charge in [0.15, 0.2) is 5.78 Å². The minimum atomic E-state index is 0.269. The van der Waals surface area contributed by atoms with Crippen molar-refractivity contribution in [3.8, 4) is 0 Å². The molecule has 1 saturated heterocycles. The maximum Gasteiger partial charge on any atom is 0.164 e. The van der Waals surface area contributed by atoms with E-state index < -0.39 is 0 Å². The maximum absolute atomic E-state index is 12.2. The standard InChI is InChI=1S/C16H24N2O/c1-13-10-14(2)12-15(11-13)16(19)4-5-18-8-6-17(3)7-9-18/h10-12H,4-9H2,1-3H3. The van der Waals surface area contributed by atoms with Crippen LogP contribution in [0, 0.1) is 13.8 Å². The van der Waals surface area contributed by atoms with Gasteiger partial charge in [-0.15, -0.1) is 0 Å². The molecule has 1 aliphatic heterocycles. The zero-order chi connectivity index (χ0) is 13.8. The molecule has 0 atom stereocenters. The third-order valence-electron chi connectivity index (χ3n) is 3.79. The van der Waals surface area contributed by atoms with Crippen LogP contribution in [0.15, 0.2) is 18.2 Å². The van der Waals surface area contributed by atoms with E-state index in [2.05, 4.69) is 22.9 Å². The molecule has 19 heavy (non-hydrogen) atoms. The maximum atomic E-state index is 12.2. The van der Waals surface area contributed by atoms with E-state index in [0.717, 1.165) is 38.3 Å². The molecule has 0 spiro atoms. The largest absolute Gasteiger partial charge is 0.304 e. The molecule has 0 amide bonds. The highest BCUT2D eigenvalue weighted by atomic mass is 16.1. The lowest BCUT2D eigenvalue weighted by molar-refractivity contribution is 0.0941. The Morgan fingerprint density at radius 2 is 1.63 bits per heavy atom. The second-order valence-electron chi connectivity index (χ2n) is 5.69. The lowest BCUT2D eigenvalue weighted by Crippen LogP contribution is -2.45. The third kappa shape index (κ3) is 4.15. The summed E-state index contributed by atoms with van der Waals surface area (Å²) in [6, 6.07) is 6.11. The second kappa shape index (κ2) is 6.31. The minimum Gasteiger partial charge on any atom is -0.304 e. The van der Waals surface area contributed by atoms with Crippen LogP contribution in [-0.2, 0) is 0 Å². The normalized spacial score (nSPS) is 17.6. The van der Waals surface area contributed by atoms with Gasteiger partial charge in [-0.3, -0.25) is 4.79 Å². The minimum absolute atomic E-state index is 0.269. The second-order valence-corrected chi connectivity index (χ2v) is 5.69. The number of aryl methyl sites for hydroxylation is 2. The Balaban J connectivity index is 1.87. The van der Waals surface area contributed by atoms with Gasteiger partial charge in [-0.05, 0) is 33.0 Å². The van der Waals surface area contributed by atoms with E-state index >= 15 is 0 Å². The molecule has 0 bridgehead atoms. The van der Waals surface area contributed by atoms with Gasteiger partial charge in [-0.1, -0.05) is 17.2 Å². The van der Waals surface area contributed by atoms with E-state index in [1.54, 1.807) is 0 Å². The Morgan fingerprint density at radius 1 is 1.05 bits per heavy atom. The van der Waals surface area contributed by atoms with Crippen molar-refractivity contribution in [3.05, 3.63) is 34.9 Å². The fraction of sp³-hybridized carbons (Fsp3) is 0.562. The van der Waals surface area contributed by atoms with E-state index in [1.807, 2.05) is 26.0 Å². The summed E-state index contributed by atoms with van der Waals surface area (Å²) in [5.41, 5.74) is 3.21. The first-order valence-corrected chi connectivity index (χ1v) is 7.07. The molecule has 0 aliphatic carbocycles. The van der Waals surface area contributed by atoms with Crippen molar-refractivity contribution in [3.63, 3.8) is 0 Å². The smallest absolute Gasteiger partial charge is 0.164 e. The average molecular weight is 260 g/mol. The Kier molecular flexibility index (Phi) is 4.72. The first kappa shape index (κ1) is 14.2. The third-order valence-corrected chi connectivity index (χ3v) is 3.79. The highest BCUT2D eigenvalue weighted by molar-refractivity contribution is 5.96. The van der Waals surface area contributed by atoms with Crippen molar-refractivity contribution in [1.29, 1.82) is 0 Å². The monoisotopic (exact) mass is 260 g/mol. The van der Waals surface area contributed by atoms with E-state index in [1.165, 1.54) is 11.1 Å². The lowest BCUT2D eigenvalue weighted by Gasteiger charge is -2.32. The molecule has 1 aromatic rings. The molecule has 3 nitrogen and oxygen atoms in total. The van der Waals surface area contributed by atoms with Crippen molar-refractivity contribution >= 4 is 5.78 Å². The van der Waals surface area contributed by atoms with Crippen LogP contribution >= 0.6 is 0 Å². The van der Waals surface area contributed by atoms with Gasteiger partial charge in [0.05, 0.1) is 0 Å². The Bertz CT molecular complexity index is 428. The number of carbonyl (C=O) groups is 1. The summed E-state index contributed by atoms with van der Waals surface area (Å²) in [4.78, 5) is 16.9. The Hall–Kier alpha value is -1.19. The molecule has 0 unspecified atom stereocenters. The topological polar surface area (TPSA) is 23.6 Å². The number of ketones is 1. The molecule has 1 heterocycles. The predicted molar refractivity (Wildman–Crippen MR) is 78.8 cm³/mol. The van der Waals surface area contributed by atoms with E-state index in [4.69, 9.17) is 0 Å². The van der Waals surface area contributed by atoms with Crippen LogP contribution in [0.5, 0.6) is 0 Å². The van der Waals surface area contributed by atoms with Crippen molar-refractivity contribution in [2.24, 2.45) is 0 Å². The van der Waals surface area contributed by atoms with E-state index in [9.17, 15) is 4.79 Å². The molecule has 0 N–H and O–H groups in total. The van der Waals surface area contributed by atoms with Crippen LogP contribution < -0.4 is 0 Å². The summed E-state index contributed by atoms with van der Waals surface area (Å²) in [5.74, 6) is 0.269. The summed E-state index contributed by atoms with van der Waals surface area (Å²) >= 11 is 0. The first-order valence-electron chi connectivity index (χ1n) is 7.07. The molecular formula is C16H24N2O. The zero-order valence-electron chi connectivity index (χ0n) is 12.3. The van der Waals surface area contributed by atoms with Crippen LogP contribution in [-0.4, -0.2) is 55.4 Å². The van der Waals surface area contributed by atoms with Gasteiger partial charge in [0.1, 0.15) is 0 Å². The molecule has 1 fully saturated rings. The van der Waals surface area contributed by atoms with Gasteiger partial charge >= 0.3 is 0 Å². The zero-order valence-corrected chi connectivity index (χ0v) is 12.3. The number of piperazine rings is 1. The summed E-state index contributed by atoms with van der Waals surface area (Å²) in [7, 11) is 2.15. The van der Waals surface area contributed by atoms with Gasteiger partial charge in [0.2, 0.25) is 0 Å². The van der Waals surface area contributed by atoms with Crippen molar-refractivity contribution in [2.75, 3.05) is 39.8 Å². The lowest BCUT2D eigenvalue weighted by atomic mass is 10.0. The first-order chi connectivity index (χ1) is 9.04. The Morgan fingerprint density at radius 3 is 2.21 bits per heavy atom. The van der Waals surface area contributed by atoms with E-state index in [-0.39, 0.29) is 5.78 Å². The summed E-state index contributed by atoms with van der Waals surface area (Å²) < 4.78 is 0. The molecule has 0 saturated carbocycles. The summed E-state index contributed by atoms with van der Waals surface area (Å²) in [6.07, 6.45) is 0.632. The number of likely N-dealkylation sites (N-methyl/N-ethyl adjacent to an activating group) is 1. The molecule has 1 aliphatic rings. The Labute approximate surface area is 116 Å². The van der Waals surface area contributed by atoms with Gasteiger partial charge in [0.25, 0.3) is 0 Å². The molecule has 104 valence electrons. The summed E-state index contributed by atoms with van der Waals surface area (Å²) in [6.45, 7) is 9.36. The van der Waals surface area contributed by atoms with Crippen LogP contribution in [0.3, 0.4) is 0 Å². The van der Waals surface area contributed by atoms with Crippen LogP contribution in [0.1, 0.15) is 27.9 Å². The number of Topliss-reactive ketones (excluding diaryl/α,β-unsaturated/α-hetero) is 1. The van der Waals surface area contributed by atoms with Crippen LogP contribution in [0.2, 0.25) is 0 Å². The van der Waals surface area contributed by atoms with Crippen LogP contribution in [0.4, 0.5) is 0 Å². The van der Waals surface area contributed by atoms with E-state index in [0.29, 0.717) is 6.42 Å². The number of nitrogens with zero attached hydrogens (tertiary/aromatic N) is 2. The molecule has 0 radical (unpaired) electrons. The SMILES string of the molecule is Cc1cc(C)cc(C(=O)CCN2CCN(C)CC2)c1. The van der Waals surface area contributed by atoms with Crippen molar-refractivity contribution < 1.29 is 4.79 Å². The molecule has 0 aromatic heterocycles. The number of benzene rings is 1. The number of carbonyl (C=O) groups excluding carboxylic acids is 1. The van der Waals surface area contributed by atoms with Gasteiger partial charge in [-0.25, -0.2) is 0 Å². The summed E-state index contributed by atoms with van der Waals surface area (Å²) in [5, 5.41) is 0. The van der Waals surface area contributed by atoms with Gasteiger partial charge < -0.3 is 9.80 Å². The van der Waals surface area contributed by atoms with Crippen molar-refractivity contribution in [1.82, 2.24) is 9.80 Å². The van der Waals surface area contributed by atoms with Crippen molar-refractivity contribution in [2.45, 2.75) is 20.3 Å².